The molecule has 0 saturated heterocycles. The highest BCUT2D eigenvalue weighted by molar-refractivity contribution is 9.10. The number of anilines is 1. The molecule has 48 heavy (non-hydrogen) atoms. The number of hydrogen-bond acceptors (Lipinski definition) is 4. The first kappa shape index (κ1) is 37.0. The Labute approximate surface area is 291 Å². The Kier molecular flexibility index (Phi) is 12.3. The van der Waals surface area contributed by atoms with Crippen molar-refractivity contribution in [2.45, 2.75) is 56.4 Å². The van der Waals surface area contributed by atoms with E-state index in [1.165, 1.54) is 29.2 Å². The first-order valence-corrected chi connectivity index (χ1v) is 17.6. The Morgan fingerprint density at radius 3 is 2.12 bits per heavy atom. The van der Waals surface area contributed by atoms with Crippen molar-refractivity contribution in [3.63, 3.8) is 0 Å². The average Bonchev–Trinajstić information content (AvgIpc) is 3.05. The lowest BCUT2D eigenvalue weighted by Crippen LogP contribution is -2.54. The van der Waals surface area contributed by atoms with E-state index in [4.69, 9.17) is 11.6 Å². The van der Waals surface area contributed by atoms with E-state index in [-0.39, 0.29) is 23.9 Å². The van der Waals surface area contributed by atoms with E-state index in [1.54, 1.807) is 42.5 Å². The van der Waals surface area contributed by atoms with E-state index in [1.807, 2.05) is 32.0 Å². The van der Waals surface area contributed by atoms with Crippen LogP contribution in [0.15, 0.2) is 112 Å². The van der Waals surface area contributed by atoms with Gasteiger partial charge in [0, 0.05) is 23.5 Å². The van der Waals surface area contributed by atoms with Gasteiger partial charge in [-0.1, -0.05) is 95.1 Å². The molecule has 0 bridgehead atoms. The van der Waals surface area contributed by atoms with Crippen LogP contribution in [0.1, 0.15) is 37.0 Å². The van der Waals surface area contributed by atoms with Crippen LogP contribution < -0.4 is 9.62 Å². The maximum Gasteiger partial charge on any atom is 0.417 e. The van der Waals surface area contributed by atoms with Crippen LogP contribution in [0.2, 0.25) is 5.02 Å². The quantitative estimate of drug-likeness (QED) is 0.150. The minimum absolute atomic E-state index is 0.0907. The van der Waals surface area contributed by atoms with Crippen molar-refractivity contribution in [1.29, 1.82) is 0 Å². The van der Waals surface area contributed by atoms with Crippen LogP contribution in [-0.4, -0.2) is 43.8 Å². The molecule has 1 N–H and O–H groups in total. The summed E-state index contributed by atoms with van der Waals surface area (Å²) in [4.78, 5) is 29.5. The highest BCUT2D eigenvalue weighted by atomic mass is 79.9. The predicted molar refractivity (Wildman–Crippen MR) is 184 cm³/mol. The summed E-state index contributed by atoms with van der Waals surface area (Å²) < 4.78 is 71.3. The van der Waals surface area contributed by atoms with Gasteiger partial charge in [-0.2, -0.15) is 13.2 Å². The molecule has 7 nitrogen and oxygen atoms in total. The van der Waals surface area contributed by atoms with E-state index in [9.17, 15) is 31.2 Å². The van der Waals surface area contributed by atoms with E-state index in [0.717, 1.165) is 17.7 Å². The van der Waals surface area contributed by atoms with Crippen molar-refractivity contribution in [3.05, 3.63) is 129 Å². The van der Waals surface area contributed by atoms with Gasteiger partial charge in [-0.25, -0.2) is 8.42 Å². The minimum atomic E-state index is -4.90. The molecule has 2 amide bonds. The molecular formula is C35H34BrClF3N3O4S. The van der Waals surface area contributed by atoms with Gasteiger partial charge in [0.1, 0.15) is 12.6 Å². The second kappa shape index (κ2) is 16.0. The summed E-state index contributed by atoms with van der Waals surface area (Å²) in [7, 11) is -4.60. The third-order valence-corrected chi connectivity index (χ3v) is 10.3. The van der Waals surface area contributed by atoms with Crippen molar-refractivity contribution in [2.75, 3.05) is 10.8 Å². The Morgan fingerprint density at radius 2 is 1.52 bits per heavy atom. The molecule has 0 aliphatic carbocycles. The van der Waals surface area contributed by atoms with Gasteiger partial charge in [0.25, 0.3) is 10.0 Å². The molecule has 0 spiro atoms. The third-order valence-electron chi connectivity index (χ3n) is 7.67. The highest BCUT2D eigenvalue weighted by Gasteiger charge is 2.37. The fraction of sp³-hybridized carbons (Fsp3) is 0.257. The molecule has 254 valence electrons. The number of nitrogens with one attached hydrogen (secondary N) is 1. The standard InChI is InChI=1S/C35H34BrClF3N3O4S/c1-3-24(2)41-34(45)32(20-25-11-6-4-7-12-25)42(22-26-13-10-14-27(36)19-26)33(44)23-43(48(46,47)29-15-8-5-9-16-29)28-17-18-31(37)30(21-28)35(38,39)40/h4-19,21,24,32H,3,20,22-23H2,1-2H3,(H,41,45). The van der Waals surface area contributed by atoms with E-state index < -0.39 is 56.9 Å². The lowest BCUT2D eigenvalue weighted by molar-refractivity contribution is -0.140. The van der Waals surface area contributed by atoms with Crippen LogP contribution in [-0.2, 0) is 38.8 Å². The van der Waals surface area contributed by atoms with Crippen LogP contribution in [0, 0.1) is 0 Å². The van der Waals surface area contributed by atoms with Gasteiger partial charge in [-0.15, -0.1) is 0 Å². The molecule has 4 aromatic rings. The monoisotopic (exact) mass is 763 g/mol. The third kappa shape index (κ3) is 9.39. The zero-order valence-electron chi connectivity index (χ0n) is 26.1. The van der Waals surface area contributed by atoms with Gasteiger partial charge < -0.3 is 10.2 Å². The number of nitrogens with zero attached hydrogens (tertiary/aromatic N) is 2. The fourth-order valence-corrected chi connectivity index (χ4v) is 7.06. The maximum absolute atomic E-state index is 14.5. The van der Waals surface area contributed by atoms with E-state index >= 15 is 0 Å². The van der Waals surface area contributed by atoms with Crippen LogP contribution in [0.4, 0.5) is 18.9 Å². The van der Waals surface area contributed by atoms with Gasteiger partial charge in [0.2, 0.25) is 11.8 Å². The molecule has 0 radical (unpaired) electrons. The summed E-state index contributed by atoms with van der Waals surface area (Å²) >= 11 is 9.30. The number of amides is 2. The van der Waals surface area contributed by atoms with Gasteiger partial charge in [-0.05, 0) is 66.9 Å². The number of rotatable bonds is 13. The molecule has 4 aromatic carbocycles. The Bertz CT molecular complexity index is 1830. The number of carbonyl (C=O) groups excluding carboxylic acids is 2. The second-order valence-electron chi connectivity index (χ2n) is 11.2. The van der Waals surface area contributed by atoms with E-state index in [0.29, 0.717) is 26.8 Å². The summed E-state index contributed by atoms with van der Waals surface area (Å²) in [5.41, 5.74) is -0.302. The normalized spacial score (nSPS) is 13.0. The van der Waals surface area contributed by atoms with E-state index in [2.05, 4.69) is 21.2 Å². The highest BCUT2D eigenvalue weighted by Crippen LogP contribution is 2.38. The molecule has 0 saturated carbocycles. The predicted octanol–water partition coefficient (Wildman–Crippen LogP) is 7.87. The minimum Gasteiger partial charge on any atom is -0.352 e. The van der Waals surface area contributed by atoms with Crippen molar-refractivity contribution >= 4 is 55.1 Å². The fourth-order valence-electron chi connectivity index (χ4n) is 4.96. The van der Waals surface area contributed by atoms with Crippen LogP contribution >= 0.6 is 27.5 Å². The van der Waals surface area contributed by atoms with Crippen LogP contribution in [0.5, 0.6) is 0 Å². The molecule has 13 heteroatoms. The van der Waals surface area contributed by atoms with Gasteiger partial charge in [0.15, 0.2) is 0 Å². The molecule has 0 aliphatic rings. The van der Waals surface area contributed by atoms with Crippen LogP contribution in [0.3, 0.4) is 0 Å². The molecular weight excluding hydrogens is 731 g/mol. The molecule has 0 heterocycles. The summed E-state index contributed by atoms with van der Waals surface area (Å²) in [5.74, 6) is -1.27. The molecule has 0 aliphatic heterocycles. The van der Waals surface area contributed by atoms with Gasteiger partial charge >= 0.3 is 6.18 Å². The molecule has 2 unspecified atom stereocenters. The number of hydrogen-bond donors (Lipinski definition) is 1. The zero-order valence-corrected chi connectivity index (χ0v) is 29.3. The Hall–Kier alpha value is -3.87. The average molecular weight is 765 g/mol. The Balaban J connectivity index is 1.86. The summed E-state index contributed by atoms with van der Waals surface area (Å²) in [6.07, 6.45) is -4.20. The van der Waals surface area contributed by atoms with Gasteiger partial charge in [-0.3, -0.25) is 13.9 Å². The maximum atomic E-state index is 14.5. The first-order valence-electron chi connectivity index (χ1n) is 15.0. The van der Waals surface area contributed by atoms with Gasteiger partial charge in [0.05, 0.1) is 21.2 Å². The van der Waals surface area contributed by atoms with Crippen molar-refractivity contribution in [2.24, 2.45) is 0 Å². The zero-order chi connectivity index (χ0) is 35.1. The summed E-state index contributed by atoms with van der Waals surface area (Å²) in [6.45, 7) is 2.71. The topological polar surface area (TPSA) is 86.8 Å². The van der Waals surface area contributed by atoms with Crippen molar-refractivity contribution < 1.29 is 31.2 Å². The number of benzene rings is 4. The number of sulfonamides is 1. The second-order valence-corrected chi connectivity index (χ2v) is 14.3. The van der Waals surface area contributed by atoms with Crippen LogP contribution in [0.25, 0.3) is 0 Å². The molecule has 2 atom stereocenters. The smallest absolute Gasteiger partial charge is 0.352 e. The lowest BCUT2D eigenvalue weighted by atomic mass is 10.0. The molecule has 0 fully saturated rings. The molecule has 0 aromatic heterocycles. The number of carbonyl (C=O) groups is 2. The number of alkyl halides is 3. The van der Waals surface area contributed by atoms with Crippen molar-refractivity contribution in [3.8, 4) is 0 Å². The Morgan fingerprint density at radius 1 is 0.896 bits per heavy atom. The SMILES string of the molecule is CCC(C)NC(=O)C(Cc1ccccc1)N(Cc1cccc(Br)c1)C(=O)CN(c1ccc(Cl)c(C(F)(F)F)c1)S(=O)(=O)c1ccccc1. The van der Waals surface area contributed by atoms with Crippen molar-refractivity contribution in [1.82, 2.24) is 10.2 Å². The summed E-state index contributed by atoms with van der Waals surface area (Å²) in [6, 6.07) is 24.5. The first-order chi connectivity index (χ1) is 22.7. The largest absolute Gasteiger partial charge is 0.417 e. The number of halogens is 5. The molecule has 4 rings (SSSR count). The lowest BCUT2D eigenvalue weighted by Gasteiger charge is -2.34. The summed E-state index contributed by atoms with van der Waals surface area (Å²) in [5, 5.41) is 2.31.